The topological polar surface area (TPSA) is 161 Å². The first kappa shape index (κ1) is 25.0. The summed E-state index contributed by atoms with van der Waals surface area (Å²) in [5, 5.41) is 18.3. The van der Waals surface area contributed by atoms with Gasteiger partial charge in [-0.05, 0) is 38.7 Å². The molecule has 0 saturated carbocycles. The van der Waals surface area contributed by atoms with Gasteiger partial charge in [-0.15, -0.1) is 10.2 Å². The van der Waals surface area contributed by atoms with Crippen LogP contribution in [0.15, 0.2) is 54.9 Å². The number of anilines is 1. The number of nitrogens with two attached hydrogens (primary N) is 1. The van der Waals surface area contributed by atoms with E-state index in [-0.39, 0.29) is 41.9 Å². The van der Waals surface area contributed by atoms with Gasteiger partial charge in [-0.3, -0.25) is 14.6 Å². The number of nitrogens with zero attached hydrogens (tertiary/aromatic N) is 8. The lowest BCUT2D eigenvalue weighted by Crippen LogP contribution is -2.47. The van der Waals surface area contributed by atoms with Crippen molar-refractivity contribution in [3.63, 3.8) is 0 Å². The SMILES string of the molecule is CC(=O)c1c(C2CC3CC[C@@H](C2)N3C(=O)Cc2nn[nH]n2)nc2c(-c3ccc(-c4ccccc4)nc3)cnn2c1N. The van der Waals surface area contributed by atoms with E-state index in [0.29, 0.717) is 35.6 Å². The molecule has 12 nitrogen and oxygen atoms in total. The molecule has 2 aliphatic heterocycles. The number of ketones is 1. The number of carbonyl (C=O) groups is 2. The summed E-state index contributed by atoms with van der Waals surface area (Å²) in [6.45, 7) is 1.51. The zero-order chi connectivity index (χ0) is 28.1. The monoisotopic (exact) mass is 548 g/mol. The highest BCUT2D eigenvalue weighted by Gasteiger charge is 2.45. The molecule has 7 rings (SSSR count). The van der Waals surface area contributed by atoms with Gasteiger partial charge in [-0.25, -0.2) is 4.98 Å². The van der Waals surface area contributed by atoms with E-state index >= 15 is 0 Å². The van der Waals surface area contributed by atoms with Crippen LogP contribution in [0, 0.1) is 0 Å². The third-order valence-electron chi connectivity index (χ3n) is 8.31. The van der Waals surface area contributed by atoms with Crippen LogP contribution in [0.2, 0.25) is 0 Å². The summed E-state index contributed by atoms with van der Waals surface area (Å²) < 4.78 is 1.54. The lowest BCUT2D eigenvalue weighted by molar-refractivity contribution is -0.135. The number of amides is 1. The molecule has 0 aliphatic carbocycles. The number of carbonyl (C=O) groups excluding carboxylic acids is 2. The Hall–Kier alpha value is -5.00. The normalized spacial score (nSPS) is 20.0. The number of aromatic nitrogens is 8. The molecule has 2 unspecified atom stereocenters. The molecule has 206 valence electrons. The average molecular weight is 549 g/mol. The number of aromatic amines is 1. The van der Waals surface area contributed by atoms with Gasteiger partial charge in [0.15, 0.2) is 17.3 Å². The number of H-pyrrole nitrogens is 1. The molecule has 0 spiro atoms. The van der Waals surface area contributed by atoms with Gasteiger partial charge in [0.2, 0.25) is 5.91 Å². The Balaban J connectivity index is 1.23. The Kier molecular flexibility index (Phi) is 6.02. The molecule has 6 heterocycles. The van der Waals surface area contributed by atoms with E-state index in [4.69, 9.17) is 10.7 Å². The third-order valence-corrected chi connectivity index (χ3v) is 8.31. The maximum atomic E-state index is 13.2. The molecule has 0 radical (unpaired) electrons. The number of nitrogen functional groups attached to an aromatic ring is 1. The summed E-state index contributed by atoms with van der Waals surface area (Å²) in [6.07, 6.45) is 6.86. The van der Waals surface area contributed by atoms with E-state index in [0.717, 1.165) is 35.2 Å². The van der Waals surface area contributed by atoms with E-state index in [1.807, 2.05) is 53.6 Å². The highest BCUT2D eigenvalue weighted by atomic mass is 16.2. The molecule has 1 amide bonds. The first-order chi connectivity index (χ1) is 20.0. The second kappa shape index (κ2) is 9.88. The first-order valence-electron chi connectivity index (χ1n) is 13.7. The molecule has 1 aromatic carbocycles. The average Bonchev–Trinajstić information content (AvgIpc) is 3.71. The summed E-state index contributed by atoms with van der Waals surface area (Å²) in [7, 11) is 0. The van der Waals surface area contributed by atoms with E-state index in [1.54, 1.807) is 10.7 Å². The van der Waals surface area contributed by atoms with E-state index < -0.39 is 0 Å². The maximum Gasteiger partial charge on any atom is 0.230 e. The van der Waals surface area contributed by atoms with Crippen molar-refractivity contribution < 1.29 is 9.59 Å². The van der Waals surface area contributed by atoms with Crippen LogP contribution in [0.1, 0.15) is 60.4 Å². The van der Waals surface area contributed by atoms with E-state index in [2.05, 4.69) is 30.7 Å². The second-order valence-corrected chi connectivity index (χ2v) is 10.8. The Labute approximate surface area is 235 Å². The Bertz CT molecular complexity index is 1730. The van der Waals surface area contributed by atoms with Crippen LogP contribution in [0.3, 0.4) is 0 Å². The first-order valence-corrected chi connectivity index (χ1v) is 13.7. The summed E-state index contributed by atoms with van der Waals surface area (Å²) in [6, 6.07) is 14.1. The molecule has 5 aromatic rings. The Morgan fingerprint density at radius 3 is 2.46 bits per heavy atom. The van der Waals surface area contributed by atoms with Crippen LogP contribution >= 0.6 is 0 Å². The molecule has 12 heteroatoms. The van der Waals surface area contributed by atoms with Crippen molar-refractivity contribution in [3.05, 3.63) is 71.9 Å². The molecule has 2 aliphatic rings. The standard InChI is InChI=1S/C29H28N10O2/c1-16(40)26-27(19-11-20-8-9-21(12-19)38(20)25(41)13-24-34-36-37-35-24)33-29-22(15-32-39(29)28(26)30)18-7-10-23(31-14-18)17-5-3-2-4-6-17/h2-7,10,14-15,19-21H,8-9,11-13,30H2,1H3,(H,34,35,36,37)/t19?,20-,21?/m0/s1. The predicted octanol–water partition coefficient (Wildman–Crippen LogP) is 3.24. The molecule has 4 aromatic heterocycles. The summed E-state index contributed by atoms with van der Waals surface area (Å²) in [5.74, 6) is 0.488. The molecular formula is C29H28N10O2. The van der Waals surface area contributed by atoms with Gasteiger partial charge in [0.1, 0.15) is 5.82 Å². The van der Waals surface area contributed by atoms with Crippen molar-refractivity contribution in [1.82, 2.24) is 45.1 Å². The summed E-state index contributed by atoms with van der Waals surface area (Å²) in [4.78, 5) is 37.8. The van der Waals surface area contributed by atoms with Gasteiger partial charge in [-0.1, -0.05) is 41.6 Å². The van der Waals surface area contributed by atoms with Crippen LogP contribution < -0.4 is 5.73 Å². The van der Waals surface area contributed by atoms with Gasteiger partial charge in [-0.2, -0.15) is 14.8 Å². The van der Waals surface area contributed by atoms with Gasteiger partial charge in [0.05, 0.1) is 29.6 Å². The number of benzene rings is 1. The smallest absolute Gasteiger partial charge is 0.230 e. The van der Waals surface area contributed by atoms with Crippen LogP contribution in [0.4, 0.5) is 5.82 Å². The van der Waals surface area contributed by atoms with Crippen LogP contribution in [-0.2, 0) is 11.2 Å². The van der Waals surface area contributed by atoms with Crippen LogP contribution in [-0.4, -0.2) is 68.9 Å². The number of fused-ring (bicyclic) bond motifs is 3. The summed E-state index contributed by atoms with van der Waals surface area (Å²) >= 11 is 0. The van der Waals surface area contributed by atoms with Crippen LogP contribution in [0.5, 0.6) is 0 Å². The number of hydrogen-bond acceptors (Lipinski definition) is 9. The predicted molar refractivity (Wildman–Crippen MR) is 150 cm³/mol. The second-order valence-electron chi connectivity index (χ2n) is 10.8. The lowest BCUT2D eigenvalue weighted by atomic mass is 9.85. The zero-order valence-corrected chi connectivity index (χ0v) is 22.4. The fourth-order valence-corrected chi connectivity index (χ4v) is 6.52. The minimum Gasteiger partial charge on any atom is -0.383 e. The lowest BCUT2D eigenvalue weighted by Gasteiger charge is -2.39. The number of piperidine rings is 1. The largest absolute Gasteiger partial charge is 0.383 e. The molecule has 3 atom stereocenters. The molecule has 2 bridgehead atoms. The zero-order valence-electron chi connectivity index (χ0n) is 22.4. The third kappa shape index (κ3) is 4.31. The van der Waals surface area contributed by atoms with E-state index in [9.17, 15) is 9.59 Å². The molecule has 41 heavy (non-hydrogen) atoms. The van der Waals surface area contributed by atoms with Crippen molar-refractivity contribution in [1.29, 1.82) is 0 Å². The minimum atomic E-state index is -0.152. The fraction of sp³-hybridized carbons (Fsp3) is 0.310. The minimum absolute atomic E-state index is 0.00316. The Morgan fingerprint density at radius 2 is 1.80 bits per heavy atom. The number of nitrogens with one attached hydrogen (secondary N) is 1. The number of tetrazole rings is 1. The van der Waals surface area contributed by atoms with Crippen molar-refractivity contribution in [2.45, 2.75) is 57.0 Å². The highest BCUT2D eigenvalue weighted by Crippen LogP contribution is 2.44. The van der Waals surface area contributed by atoms with Gasteiger partial charge in [0, 0.05) is 40.9 Å². The molecule has 2 saturated heterocycles. The number of rotatable bonds is 6. The molecule has 2 fully saturated rings. The van der Waals surface area contributed by atoms with Crippen LogP contribution in [0.25, 0.3) is 28.0 Å². The van der Waals surface area contributed by atoms with Crippen molar-refractivity contribution >= 4 is 23.2 Å². The summed E-state index contributed by atoms with van der Waals surface area (Å²) in [5.41, 5.74) is 11.8. The highest BCUT2D eigenvalue weighted by molar-refractivity contribution is 6.00. The van der Waals surface area contributed by atoms with Gasteiger partial charge in [0.25, 0.3) is 0 Å². The van der Waals surface area contributed by atoms with Crippen molar-refractivity contribution in [2.24, 2.45) is 0 Å². The number of pyridine rings is 1. The van der Waals surface area contributed by atoms with Gasteiger partial charge >= 0.3 is 0 Å². The van der Waals surface area contributed by atoms with Gasteiger partial charge < -0.3 is 10.6 Å². The Morgan fingerprint density at radius 1 is 1.02 bits per heavy atom. The maximum absolute atomic E-state index is 13.2. The fourth-order valence-electron chi connectivity index (χ4n) is 6.52. The molecule has 3 N–H and O–H groups in total. The van der Waals surface area contributed by atoms with Crippen molar-refractivity contribution in [3.8, 4) is 22.4 Å². The van der Waals surface area contributed by atoms with Crippen molar-refractivity contribution in [2.75, 3.05) is 5.73 Å². The number of hydrogen-bond donors (Lipinski definition) is 2. The number of Topliss-reactive ketones (excluding diaryl/α,β-unsaturated/α-hetero) is 1. The van der Waals surface area contributed by atoms with E-state index in [1.165, 1.54) is 6.92 Å². The quantitative estimate of drug-likeness (QED) is 0.304. The molecular weight excluding hydrogens is 520 g/mol.